The molecule has 3 aromatic rings. The minimum Gasteiger partial charge on any atom is -0.496 e. The number of rotatable bonds is 6. The number of piperidine rings is 1. The van der Waals surface area contributed by atoms with Crippen molar-refractivity contribution in [2.75, 3.05) is 20.2 Å². The average Bonchev–Trinajstić information content (AvgIpc) is 3.23. The van der Waals surface area contributed by atoms with Crippen molar-refractivity contribution in [1.29, 1.82) is 0 Å². The molecule has 200 valence electrons. The Morgan fingerprint density at radius 2 is 2.16 bits per heavy atom. The molecule has 1 amide bonds. The fraction of sp³-hybridized carbons (Fsp3) is 0.517. The average molecular weight is 519 g/mol. The molecule has 2 saturated carbocycles. The van der Waals surface area contributed by atoms with Crippen molar-refractivity contribution in [3.63, 3.8) is 0 Å². The van der Waals surface area contributed by atoms with E-state index < -0.39 is 0 Å². The smallest absolute Gasteiger partial charge is 0.223 e. The largest absolute Gasteiger partial charge is 0.496 e. The van der Waals surface area contributed by atoms with Crippen molar-refractivity contribution < 1.29 is 13.9 Å². The first kappa shape index (κ1) is 24.1. The van der Waals surface area contributed by atoms with E-state index in [1.165, 1.54) is 11.6 Å². The highest BCUT2D eigenvalue weighted by Crippen LogP contribution is 2.50. The van der Waals surface area contributed by atoms with Crippen LogP contribution in [-0.4, -0.2) is 52.0 Å². The molecule has 2 saturated heterocycles. The van der Waals surface area contributed by atoms with Gasteiger partial charge in [0.2, 0.25) is 5.91 Å². The van der Waals surface area contributed by atoms with Gasteiger partial charge >= 0.3 is 0 Å². The minimum absolute atomic E-state index is 0.00934. The molecule has 8 nitrogen and oxygen atoms in total. The predicted octanol–water partition coefficient (Wildman–Crippen LogP) is 3.20. The fourth-order valence-electron chi connectivity index (χ4n) is 7.30. The lowest BCUT2D eigenvalue weighted by Crippen LogP contribution is -2.52. The summed E-state index contributed by atoms with van der Waals surface area (Å²) in [4.78, 5) is 20.3. The molecule has 6 atom stereocenters. The van der Waals surface area contributed by atoms with Gasteiger partial charge in [-0.25, -0.2) is 14.8 Å². The summed E-state index contributed by atoms with van der Waals surface area (Å²) in [5.74, 6) is 1.41. The lowest BCUT2D eigenvalue weighted by molar-refractivity contribution is -0.128. The SMILES string of the molecule is COc1cccc(F)c1CN1CCC2CC2(NC(=O)C2CCC3NNC(c4ccc5nccn5c4)C3C2)C1. The number of halogens is 1. The summed E-state index contributed by atoms with van der Waals surface area (Å²) in [7, 11) is 1.58. The van der Waals surface area contributed by atoms with Gasteiger partial charge in [-0.05, 0) is 74.2 Å². The number of imidazole rings is 1. The molecule has 2 aliphatic heterocycles. The Kier molecular flexibility index (Phi) is 5.90. The maximum atomic E-state index is 14.6. The molecular formula is C29H35FN6O2. The number of benzene rings is 1. The van der Waals surface area contributed by atoms with E-state index >= 15 is 0 Å². The molecule has 0 spiro atoms. The zero-order valence-corrected chi connectivity index (χ0v) is 21.7. The van der Waals surface area contributed by atoms with Gasteiger partial charge in [0, 0.05) is 49.2 Å². The molecule has 38 heavy (non-hydrogen) atoms. The van der Waals surface area contributed by atoms with Gasteiger partial charge < -0.3 is 14.5 Å². The van der Waals surface area contributed by atoms with Gasteiger partial charge in [-0.2, -0.15) is 0 Å². The van der Waals surface area contributed by atoms with Crippen LogP contribution in [0.3, 0.4) is 0 Å². The van der Waals surface area contributed by atoms with E-state index in [2.05, 4.69) is 48.8 Å². The van der Waals surface area contributed by atoms with Gasteiger partial charge in [0.05, 0.1) is 18.7 Å². The number of carbonyl (C=O) groups excluding carboxylic acids is 1. The van der Waals surface area contributed by atoms with Crippen LogP contribution in [-0.2, 0) is 11.3 Å². The number of hydrogen-bond donors (Lipinski definition) is 3. The number of methoxy groups -OCH3 is 1. The Balaban J connectivity index is 1.02. The van der Waals surface area contributed by atoms with Crippen LogP contribution in [0.1, 0.15) is 49.3 Å². The van der Waals surface area contributed by atoms with Gasteiger partial charge in [0.1, 0.15) is 17.2 Å². The standard InChI is InChI=1S/C29H35FN6O2/c1-38-25-4-2-3-23(30)22(25)16-35-11-9-20-14-29(20,17-35)32-28(37)18-5-7-24-21(13-18)27(34-33-24)19-6-8-26-31-10-12-36(26)15-19/h2-4,6,8,10,12,15,18,20-21,24,27,33-34H,5,7,9,11,13-14,16-17H2,1H3,(H,32,37). The molecule has 0 bridgehead atoms. The quantitative estimate of drug-likeness (QED) is 0.465. The summed E-state index contributed by atoms with van der Waals surface area (Å²) in [6, 6.07) is 9.70. The number of nitrogens with zero attached hydrogens (tertiary/aromatic N) is 3. The second-order valence-electron chi connectivity index (χ2n) is 11.7. The molecule has 6 unspecified atom stereocenters. The van der Waals surface area contributed by atoms with E-state index in [-0.39, 0.29) is 29.2 Å². The Morgan fingerprint density at radius 1 is 1.24 bits per heavy atom. The van der Waals surface area contributed by atoms with E-state index in [0.717, 1.165) is 50.8 Å². The normalized spacial score (nSPS) is 32.5. The molecule has 2 aromatic heterocycles. The summed E-state index contributed by atoms with van der Waals surface area (Å²) in [6.45, 7) is 2.16. The molecule has 4 fully saturated rings. The van der Waals surface area contributed by atoms with E-state index in [0.29, 0.717) is 35.7 Å². The second kappa shape index (κ2) is 9.32. The predicted molar refractivity (Wildman–Crippen MR) is 141 cm³/mol. The second-order valence-corrected chi connectivity index (χ2v) is 11.7. The highest BCUT2D eigenvalue weighted by Gasteiger charge is 2.58. The maximum Gasteiger partial charge on any atom is 0.223 e. The molecule has 0 radical (unpaired) electrons. The lowest BCUT2D eigenvalue weighted by Gasteiger charge is -2.36. The zero-order valence-electron chi connectivity index (χ0n) is 21.7. The Bertz CT molecular complexity index is 1360. The third kappa shape index (κ3) is 4.17. The highest BCUT2D eigenvalue weighted by molar-refractivity contribution is 5.80. The van der Waals surface area contributed by atoms with Gasteiger partial charge in [-0.3, -0.25) is 15.1 Å². The molecule has 2 aliphatic carbocycles. The number of hydrazine groups is 1. The van der Waals surface area contributed by atoms with Gasteiger partial charge in [-0.1, -0.05) is 12.1 Å². The number of amides is 1. The van der Waals surface area contributed by atoms with Crippen LogP contribution in [0, 0.1) is 23.6 Å². The van der Waals surface area contributed by atoms with E-state index in [9.17, 15) is 9.18 Å². The van der Waals surface area contributed by atoms with Gasteiger partial charge in [0.15, 0.2) is 0 Å². The number of carbonyl (C=O) groups is 1. The molecule has 3 N–H and O–H groups in total. The summed E-state index contributed by atoms with van der Waals surface area (Å²) in [5.41, 5.74) is 9.56. The molecular weight excluding hydrogens is 483 g/mol. The maximum absolute atomic E-state index is 14.6. The number of hydrogen-bond acceptors (Lipinski definition) is 6. The Hall–Kier alpha value is -3.01. The van der Waals surface area contributed by atoms with Gasteiger partial charge in [0.25, 0.3) is 0 Å². The van der Waals surface area contributed by atoms with Crippen molar-refractivity contribution in [2.45, 2.75) is 56.3 Å². The van der Waals surface area contributed by atoms with Crippen molar-refractivity contribution in [3.8, 4) is 5.75 Å². The third-order valence-corrected chi connectivity index (χ3v) is 9.47. The fourth-order valence-corrected chi connectivity index (χ4v) is 7.30. The molecule has 4 aliphatic rings. The number of fused-ring (bicyclic) bond motifs is 3. The monoisotopic (exact) mass is 518 g/mol. The summed E-state index contributed by atoms with van der Waals surface area (Å²) < 4.78 is 22.0. The Morgan fingerprint density at radius 3 is 3.05 bits per heavy atom. The first-order valence-electron chi connectivity index (χ1n) is 13.8. The lowest BCUT2D eigenvalue weighted by atomic mass is 9.74. The summed E-state index contributed by atoms with van der Waals surface area (Å²) in [6.07, 6.45) is 10.7. The number of likely N-dealkylation sites (tertiary alicyclic amines) is 1. The zero-order chi connectivity index (χ0) is 25.9. The van der Waals surface area contributed by atoms with Crippen molar-refractivity contribution >= 4 is 11.6 Å². The third-order valence-electron chi connectivity index (χ3n) is 9.47. The van der Waals surface area contributed by atoms with Crippen LogP contribution in [0.2, 0.25) is 0 Å². The van der Waals surface area contributed by atoms with Gasteiger partial charge in [-0.15, -0.1) is 0 Å². The summed E-state index contributed by atoms with van der Waals surface area (Å²) in [5, 5.41) is 3.49. The first-order valence-corrected chi connectivity index (χ1v) is 13.8. The number of aromatic nitrogens is 2. The van der Waals surface area contributed by atoms with Crippen LogP contribution in [0.5, 0.6) is 5.75 Å². The number of ether oxygens (including phenoxy) is 1. The van der Waals surface area contributed by atoms with Crippen LogP contribution >= 0.6 is 0 Å². The van der Waals surface area contributed by atoms with Crippen LogP contribution in [0.25, 0.3) is 5.65 Å². The van der Waals surface area contributed by atoms with E-state index in [4.69, 9.17) is 4.74 Å². The van der Waals surface area contributed by atoms with Crippen molar-refractivity contribution in [2.24, 2.45) is 17.8 Å². The molecule has 1 aromatic carbocycles. The highest BCUT2D eigenvalue weighted by atomic mass is 19.1. The van der Waals surface area contributed by atoms with E-state index in [1.807, 2.05) is 18.5 Å². The topological polar surface area (TPSA) is 82.9 Å². The van der Waals surface area contributed by atoms with Crippen molar-refractivity contribution in [1.82, 2.24) is 30.5 Å². The Labute approximate surface area is 221 Å². The number of pyridine rings is 1. The van der Waals surface area contributed by atoms with Crippen molar-refractivity contribution in [3.05, 3.63) is 65.9 Å². The van der Waals surface area contributed by atoms with Crippen LogP contribution in [0.15, 0.2) is 48.9 Å². The first-order chi connectivity index (χ1) is 18.5. The molecule has 9 heteroatoms. The van der Waals surface area contributed by atoms with E-state index in [1.54, 1.807) is 13.2 Å². The molecule has 7 rings (SSSR count). The minimum atomic E-state index is -0.238. The number of nitrogens with one attached hydrogen (secondary N) is 3. The van der Waals surface area contributed by atoms with Crippen LogP contribution in [0.4, 0.5) is 4.39 Å². The van der Waals surface area contributed by atoms with Crippen LogP contribution < -0.4 is 20.9 Å². The summed E-state index contributed by atoms with van der Waals surface area (Å²) >= 11 is 0. The molecule has 4 heterocycles.